The predicted octanol–water partition coefficient (Wildman–Crippen LogP) is 0.946. The summed E-state index contributed by atoms with van der Waals surface area (Å²) in [6.07, 6.45) is 0. The molecule has 5 nitrogen and oxygen atoms in total. The monoisotopic (exact) mass is 164 g/mol. The second-order valence-corrected chi connectivity index (χ2v) is 2.44. The summed E-state index contributed by atoms with van der Waals surface area (Å²) in [5, 5.41) is 8.70. The number of rotatable bonds is 1. The fourth-order valence-electron chi connectivity index (χ4n) is 1.14. The number of benzene rings is 1. The quantitative estimate of drug-likeness (QED) is 0.472. The van der Waals surface area contributed by atoms with Crippen molar-refractivity contribution in [3.63, 3.8) is 0 Å². The Kier molecular flexibility index (Phi) is 1.38. The fourth-order valence-corrected chi connectivity index (χ4v) is 1.14. The van der Waals surface area contributed by atoms with Crippen LogP contribution in [0.3, 0.4) is 0 Å². The van der Waals surface area contributed by atoms with Gasteiger partial charge in [0.2, 0.25) is 0 Å². The zero-order chi connectivity index (χ0) is 8.55. The topological polar surface area (TPSA) is 87.0 Å². The molecule has 0 spiro atoms. The van der Waals surface area contributed by atoms with E-state index in [1.54, 1.807) is 12.1 Å². The number of imidazole rings is 1. The summed E-state index contributed by atoms with van der Waals surface area (Å²) < 4.78 is 0. The normalized spacial score (nSPS) is 10.4. The third-order valence-electron chi connectivity index (χ3n) is 1.65. The Morgan fingerprint density at radius 2 is 2.33 bits per heavy atom. The summed E-state index contributed by atoms with van der Waals surface area (Å²) in [5.41, 5.74) is 9.46. The van der Waals surface area contributed by atoms with Crippen molar-refractivity contribution in [3.8, 4) is 0 Å². The lowest BCUT2D eigenvalue weighted by molar-refractivity contribution is 0.389. The molecule has 5 heteroatoms. The number of nitrogen functional groups attached to an aromatic ring is 1. The van der Waals surface area contributed by atoms with Gasteiger partial charge >= 0.3 is 0 Å². The Labute approximate surface area is 68.2 Å². The summed E-state index contributed by atoms with van der Waals surface area (Å²) in [5.74, 6) is 0.340. The summed E-state index contributed by atoms with van der Waals surface area (Å²) in [6.45, 7) is 0. The van der Waals surface area contributed by atoms with E-state index in [2.05, 4.69) is 9.97 Å². The van der Waals surface area contributed by atoms with Gasteiger partial charge in [-0.15, -0.1) is 0 Å². The number of fused-ring (bicyclic) bond motifs is 1. The SMILES string of the molecule is Nc1nc2c(NO)cccc2[nH]1. The van der Waals surface area contributed by atoms with Gasteiger partial charge in [0.1, 0.15) is 5.52 Å². The van der Waals surface area contributed by atoms with Crippen LogP contribution in [-0.4, -0.2) is 15.2 Å². The number of nitrogens with two attached hydrogens (primary N) is 1. The van der Waals surface area contributed by atoms with Crippen LogP contribution in [0, 0.1) is 0 Å². The van der Waals surface area contributed by atoms with E-state index in [-0.39, 0.29) is 0 Å². The minimum absolute atomic E-state index is 0.340. The zero-order valence-electron chi connectivity index (χ0n) is 6.20. The van der Waals surface area contributed by atoms with Gasteiger partial charge in [-0.1, -0.05) is 6.07 Å². The molecule has 0 saturated heterocycles. The second-order valence-electron chi connectivity index (χ2n) is 2.44. The molecule has 0 aliphatic heterocycles. The molecule has 0 radical (unpaired) electrons. The molecule has 1 aromatic carbocycles. The van der Waals surface area contributed by atoms with Gasteiger partial charge in [0.15, 0.2) is 5.95 Å². The first kappa shape index (κ1) is 6.93. The van der Waals surface area contributed by atoms with Crippen molar-refractivity contribution < 1.29 is 5.21 Å². The number of nitrogens with zero attached hydrogens (tertiary/aromatic N) is 1. The molecule has 1 heterocycles. The van der Waals surface area contributed by atoms with Gasteiger partial charge in [0.05, 0.1) is 11.2 Å². The van der Waals surface area contributed by atoms with Gasteiger partial charge in [-0.2, -0.15) is 0 Å². The highest BCUT2D eigenvalue weighted by molar-refractivity contribution is 5.88. The second kappa shape index (κ2) is 2.38. The van der Waals surface area contributed by atoms with Gasteiger partial charge < -0.3 is 10.7 Å². The Bertz CT molecular complexity index is 409. The standard InChI is InChI=1S/C7H8N4O/c8-7-9-4-2-1-3-5(11-12)6(4)10-7/h1-3,11-12H,(H3,8,9,10). The molecular formula is C7H8N4O. The van der Waals surface area contributed by atoms with Crippen LogP contribution in [0.1, 0.15) is 0 Å². The van der Waals surface area contributed by atoms with Crippen LogP contribution in [0.15, 0.2) is 18.2 Å². The van der Waals surface area contributed by atoms with Crippen LogP contribution >= 0.6 is 0 Å². The van der Waals surface area contributed by atoms with Gasteiger partial charge in [-0.3, -0.25) is 10.7 Å². The summed E-state index contributed by atoms with van der Waals surface area (Å²) >= 11 is 0. The Morgan fingerprint density at radius 3 is 3.08 bits per heavy atom. The Hall–Kier alpha value is -1.75. The van der Waals surface area contributed by atoms with E-state index in [4.69, 9.17) is 10.9 Å². The molecule has 0 aliphatic carbocycles. The highest BCUT2D eigenvalue weighted by Crippen LogP contribution is 2.20. The number of hydrogen-bond acceptors (Lipinski definition) is 4. The highest BCUT2D eigenvalue weighted by Gasteiger charge is 2.03. The molecule has 0 bridgehead atoms. The average Bonchev–Trinajstić information content (AvgIpc) is 2.44. The largest absolute Gasteiger partial charge is 0.369 e. The zero-order valence-corrected chi connectivity index (χ0v) is 6.20. The van der Waals surface area contributed by atoms with Crippen molar-refractivity contribution in [1.82, 2.24) is 9.97 Å². The molecule has 0 unspecified atom stereocenters. The molecule has 0 aliphatic rings. The summed E-state index contributed by atoms with van der Waals surface area (Å²) in [6, 6.07) is 5.33. The van der Waals surface area contributed by atoms with Crippen molar-refractivity contribution in [3.05, 3.63) is 18.2 Å². The third kappa shape index (κ3) is 0.876. The van der Waals surface area contributed by atoms with Gasteiger partial charge in [0.25, 0.3) is 0 Å². The van der Waals surface area contributed by atoms with Crippen molar-refractivity contribution in [2.24, 2.45) is 0 Å². The maximum Gasteiger partial charge on any atom is 0.198 e. The highest BCUT2D eigenvalue weighted by atomic mass is 16.5. The van der Waals surface area contributed by atoms with E-state index < -0.39 is 0 Å². The molecule has 12 heavy (non-hydrogen) atoms. The van der Waals surface area contributed by atoms with Crippen LogP contribution < -0.4 is 11.2 Å². The van der Waals surface area contributed by atoms with E-state index in [1.165, 1.54) is 0 Å². The molecule has 5 N–H and O–H groups in total. The van der Waals surface area contributed by atoms with Gasteiger partial charge in [0, 0.05) is 0 Å². The molecule has 0 atom stereocenters. The number of H-pyrrole nitrogens is 1. The molecule has 0 fully saturated rings. The smallest absolute Gasteiger partial charge is 0.198 e. The molecule has 0 amide bonds. The van der Waals surface area contributed by atoms with Crippen LogP contribution in [0.25, 0.3) is 11.0 Å². The average molecular weight is 164 g/mol. The minimum Gasteiger partial charge on any atom is -0.369 e. The van der Waals surface area contributed by atoms with E-state index in [1.807, 2.05) is 11.5 Å². The number of para-hydroxylation sites is 1. The minimum atomic E-state index is 0.340. The third-order valence-corrected chi connectivity index (χ3v) is 1.65. The van der Waals surface area contributed by atoms with E-state index in [0.717, 1.165) is 5.52 Å². The predicted molar refractivity (Wildman–Crippen MR) is 45.9 cm³/mol. The molecule has 62 valence electrons. The number of hydrogen-bond donors (Lipinski definition) is 4. The van der Waals surface area contributed by atoms with Gasteiger partial charge in [-0.05, 0) is 12.1 Å². The maximum atomic E-state index is 8.70. The lowest BCUT2D eigenvalue weighted by Gasteiger charge is -1.96. The summed E-state index contributed by atoms with van der Waals surface area (Å²) in [7, 11) is 0. The Balaban J connectivity index is 2.78. The van der Waals surface area contributed by atoms with E-state index in [9.17, 15) is 0 Å². The number of nitrogens with one attached hydrogen (secondary N) is 2. The first-order valence-corrected chi connectivity index (χ1v) is 3.45. The van der Waals surface area contributed by atoms with Crippen molar-refractivity contribution in [2.75, 3.05) is 11.2 Å². The molecular weight excluding hydrogens is 156 g/mol. The van der Waals surface area contributed by atoms with Crippen molar-refractivity contribution in [1.29, 1.82) is 0 Å². The Morgan fingerprint density at radius 1 is 1.50 bits per heavy atom. The van der Waals surface area contributed by atoms with Crippen molar-refractivity contribution >= 4 is 22.7 Å². The van der Waals surface area contributed by atoms with Gasteiger partial charge in [-0.25, -0.2) is 4.98 Å². The molecule has 0 saturated carbocycles. The molecule has 2 aromatic rings. The first-order chi connectivity index (χ1) is 5.81. The van der Waals surface area contributed by atoms with Crippen LogP contribution in [-0.2, 0) is 0 Å². The van der Waals surface area contributed by atoms with Crippen LogP contribution in [0.4, 0.5) is 11.6 Å². The van der Waals surface area contributed by atoms with E-state index in [0.29, 0.717) is 17.2 Å². The lowest BCUT2D eigenvalue weighted by atomic mass is 10.3. The fraction of sp³-hybridized carbons (Fsp3) is 0. The first-order valence-electron chi connectivity index (χ1n) is 3.45. The number of aromatic nitrogens is 2. The number of aromatic amines is 1. The number of anilines is 2. The van der Waals surface area contributed by atoms with Crippen molar-refractivity contribution in [2.45, 2.75) is 0 Å². The summed E-state index contributed by atoms with van der Waals surface area (Å²) in [4.78, 5) is 6.83. The lowest BCUT2D eigenvalue weighted by Crippen LogP contribution is -1.89. The molecule has 1 aromatic heterocycles. The molecule has 2 rings (SSSR count). The van der Waals surface area contributed by atoms with Crippen LogP contribution in [0.2, 0.25) is 0 Å². The van der Waals surface area contributed by atoms with E-state index >= 15 is 0 Å². The maximum absolute atomic E-state index is 8.70. The van der Waals surface area contributed by atoms with Crippen LogP contribution in [0.5, 0.6) is 0 Å².